The van der Waals surface area contributed by atoms with Crippen molar-refractivity contribution in [1.82, 2.24) is 34.4 Å². The number of aromatic amines is 1. The molecule has 0 fully saturated rings. The highest BCUT2D eigenvalue weighted by Crippen LogP contribution is 2.21. The predicted octanol–water partition coefficient (Wildman–Crippen LogP) is 3.32. The third-order valence-electron chi connectivity index (χ3n) is 6.60. The van der Waals surface area contributed by atoms with Gasteiger partial charge in [-0.15, -0.1) is 0 Å². The van der Waals surface area contributed by atoms with Crippen molar-refractivity contribution in [2.45, 2.75) is 19.9 Å². The minimum Gasteiger partial charge on any atom is -0.342 e. The van der Waals surface area contributed by atoms with E-state index in [1.165, 1.54) is 16.8 Å². The summed E-state index contributed by atoms with van der Waals surface area (Å²) in [5, 5.41) is 7.71. The SMILES string of the molecule is Cc1nn2cccnc2c1C(=O)NC(C)c1nc2cccc(C#Cc3ccc(=O)[nH]c3)c2c(=O)n1-c1ccccc1. The van der Waals surface area contributed by atoms with Crippen LogP contribution in [0.3, 0.4) is 0 Å². The lowest BCUT2D eigenvalue weighted by molar-refractivity contribution is 0.0938. The number of fused-ring (bicyclic) bond motifs is 2. The number of carbonyl (C=O) groups excluding carboxylic acids is 1. The number of hydrogen-bond acceptors (Lipinski definition) is 6. The number of rotatable bonds is 4. The first kappa shape index (κ1) is 25.5. The lowest BCUT2D eigenvalue weighted by Gasteiger charge is -2.20. The van der Waals surface area contributed by atoms with Gasteiger partial charge in [0.2, 0.25) is 5.56 Å². The van der Waals surface area contributed by atoms with Gasteiger partial charge in [-0.3, -0.25) is 19.0 Å². The fourth-order valence-corrected chi connectivity index (χ4v) is 4.69. The van der Waals surface area contributed by atoms with E-state index >= 15 is 0 Å². The van der Waals surface area contributed by atoms with Crippen molar-refractivity contribution in [3.63, 3.8) is 0 Å². The van der Waals surface area contributed by atoms with Gasteiger partial charge in [0.1, 0.15) is 11.4 Å². The molecule has 6 rings (SSSR count). The summed E-state index contributed by atoms with van der Waals surface area (Å²) in [6.07, 6.45) is 4.85. The number of pyridine rings is 1. The number of benzene rings is 2. The Bertz CT molecular complexity index is 2110. The molecular weight excluding hydrogens is 518 g/mol. The molecule has 0 saturated carbocycles. The Morgan fingerprint density at radius 3 is 2.61 bits per heavy atom. The molecule has 2 aromatic carbocycles. The molecule has 0 saturated heterocycles. The molecule has 1 atom stereocenters. The number of aryl methyl sites for hydroxylation is 1. The van der Waals surface area contributed by atoms with Gasteiger partial charge in [0.15, 0.2) is 5.65 Å². The van der Waals surface area contributed by atoms with E-state index in [2.05, 4.69) is 32.2 Å². The fraction of sp³-hybridized carbons (Fsp3) is 0.0968. The standard InChI is InChI=1S/C31H23N7O3/c1-19-26(29-32-16-7-17-37(29)36-19)30(40)34-20(2)28-35-24-11-6-8-22(14-12-21-13-15-25(39)33-18-21)27(24)31(41)38(28)23-9-4-3-5-10-23/h3-11,13,15-18,20H,1-2H3,(H,33,39)(H,34,40). The van der Waals surface area contributed by atoms with E-state index in [9.17, 15) is 14.4 Å². The van der Waals surface area contributed by atoms with Crippen LogP contribution >= 0.6 is 0 Å². The molecule has 0 radical (unpaired) electrons. The van der Waals surface area contributed by atoms with Gasteiger partial charge >= 0.3 is 0 Å². The minimum atomic E-state index is -0.659. The third kappa shape index (κ3) is 4.77. The van der Waals surface area contributed by atoms with E-state index in [1.807, 2.05) is 18.2 Å². The normalized spacial score (nSPS) is 11.7. The second-order valence-electron chi connectivity index (χ2n) is 9.38. The van der Waals surface area contributed by atoms with Crippen molar-refractivity contribution >= 4 is 22.5 Å². The number of aromatic nitrogens is 6. The Labute approximate surface area is 233 Å². The molecule has 2 N–H and O–H groups in total. The molecule has 4 aromatic heterocycles. The largest absolute Gasteiger partial charge is 0.342 e. The van der Waals surface area contributed by atoms with E-state index in [4.69, 9.17) is 4.98 Å². The fourth-order valence-electron chi connectivity index (χ4n) is 4.69. The number of H-pyrrole nitrogens is 1. The van der Waals surface area contributed by atoms with Gasteiger partial charge in [-0.05, 0) is 50.2 Å². The van der Waals surface area contributed by atoms with Crippen LogP contribution in [0.15, 0.2) is 94.9 Å². The summed E-state index contributed by atoms with van der Waals surface area (Å²) in [4.78, 5) is 50.8. The maximum atomic E-state index is 14.1. The molecule has 4 heterocycles. The molecule has 0 aliphatic rings. The average Bonchev–Trinajstić information content (AvgIpc) is 3.32. The van der Waals surface area contributed by atoms with E-state index < -0.39 is 6.04 Å². The van der Waals surface area contributed by atoms with Gasteiger partial charge in [0, 0.05) is 35.8 Å². The third-order valence-corrected chi connectivity index (χ3v) is 6.60. The molecule has 10 nitrogen and oxygen atoms in total. The van der Waals surface area contributed by atoms with Crippen LogP contribution in [0.5, 0.6) is 0 Å². The molecule has 1 amide bonds. The number of nitrogens with zero attached hydrogens (tertiary/aromatic N) is 5. The number of carbonyl (C=O) groups is 1. The summed E-state index contributed by atoms with van der Waals surface area (Å²) in [6.45, 7) is 3.53. The summed E-state index contributed by atoms with van der Waals surface area (Å²) in [5.74, 6) is 6.03. The Kier molecular flexibility index (Phi) is 6.45. The van der Waals surface area contributed by atoms with E-state index in [-0.39, 0.29) is 17.0 Å². The second-order valence-corrected chi connectivity index (χ2v) is 9.38. The number of nitrogens with one attached hydrogen (secondary N) is 2. The van der Waals surface area contributed by atoms with Crippen molar-refractivity contribution in [2.75, 3.05) is 0 Å². The van der Waals surface area contributed by atoms with E-state index in [1.54, 1.807) is 73.2 Å². The van der Waals surface area contributed by atoms with Crippen LogP contribution in [-0.2, 0) is 0 Å². The number of amides is 1. The zero-order chi connectivity index (χ0) is 28.5. The van der Waals surface area contributed by atoms with Gasteiger partial charge < -0.3 is 10.3 Å². The van der Waals surface area contributed by atoms with Crippen LogP contribution in [0, 0.1) is 18.8 Å². The first-order valence-corrected chi connectivity index (χ1v) is 12.8. The zero-order valence-corrected chi connectivity index (χ0v) is 22.1. The molecule has 0 aliphatic carbocycles. The van der Waals surface area contributed by atoms with Crippen LogP contribution < -0.4 is 16.4 Å². The Morgan fingerprint density at radius 1 is 1.00 bits per heavy atom. The molecule has 10 heteroatoms. The molecule has 6 aromatic rings. The monoisotopic (exact) mass is 541 g/mol. The average molecular weight is 542 g/mol. The van der Waals surface area contributed by atoms with E-state index in [0.29, 0.717) is 50.4 Å². The predicted molar refractivity (Wildman–Crippen MR) is 154 cm³/mol. The Morgan fingerprint density at radius 2 is 1.83 bits per heavy atom. The van der Waals surface area contributed by atoms with Crippen LogP contribution in [0.1, 0.15) is 46.0 Å². The van der Waals surface area contributed by atoms with Crippen molar-refractivity contribution in [1.29, 1.82) is 0 Å². The lowest BCUT2D eigenvalue weighted by Crippen LogP contribution is -2.33. The molecular formula is C31H23N7O3. The lowest BCUT2D eigenvalue weighted by atomic mass is 10.1. The first-order chi connectivity index (χ1) is 19.9. The molecule has 0 spiro atoms. The second kappa shape index (κ2) is 10.4. The van der Waals surface area contributed by atoms with Crippen LogP contribution in [-0.4, -0.2) is 35.0 Å². The Balaban J connectivity index is 1.47. The van der Waals surface area contributed by atoms with Gasteiger partial charge in [0.05, 0.1) is 28.3 Å². The smallest absolute Gasteiger partial charge is 0.267 e. The maximum absolute atomic E-state index is 14.1. The summed E-state index contributed by atoms with van der Waals surface area (Å²) in [7, 11) is 0. The van der Waals surface area contributed by atoms with Crippen molar-refractivity contribution < 1.29 is 4.79 Å². The first-order valence-electron chi connectivity index (χ1n) is 12.8. The van der Waals surface area contributed by atoms with Crippen LogP contribution in [0.4, 0.5) is 0 Å². The quantitative estimate of drug-likeness (QED) is 0.330. The highest BCUT2D eigenvalue weighted by Gasteiger charge is 2.24. The minimum absolute atomic E-state index is 0.225. The van der Waals surface area contributed by atoms with Crippen molar-refractivity contribution in [3.8, 4) is 17.5 Å². The van der Waals surface area contributed by atoms with Crippen molar-refractivity contribution in [2.24, 2.45) is 0 Å². The van der Waals surface area contributed by atoms with Crippen molar-refractivity contribution in [3.05, 3.63) is 134 Å². The van der Waals surface area contributed by atoms with Crippen LogP contribution in [0.2, 0.25) is 0 Å². The number of hydrogen-bond donors (Lipinski definition) is 2. The van der Waals surface area contributed by atoms with Gasteiger partial charge in [-0.25, -0.2) is 14.5 Å². The summed E-state index contributed by atoms with van der Waals surface area (Å²) in [6, 6.07) is 18.5. The summed E-state index contributed by atoms with van der Waals surface area (Å²) in [5.41, 5.74) is 2.91. The van der Waals surface area contributed by atoms with Gasteiger partial charge in [0.25, 0.3) is 11.5 Å². The zero-order valence-electron chi connectivity index (χ0n) is 22.1. The molecule has 1 unspecified atom stereocenters. The molecule has 200 valence electrons. The summed E-state index contributed by atoms with van der Waals surface area (Å²) < 4.78 is 3.05. The summed E-state index contributed by atoms with van der Waals surface area (Å²) >= 11 is 0. The highest BCUT2D eigenvalue weighted by atomic mass is 16.2. The highest BCUT2D eigenvalue weighted by molar-refractivity contribution is 6.01. The van der Waals surface area contributed by atoms with Gasteiger partial charge in [-0.2, -0.15) is 5.10 Å². The molecule has 0 bridgehead atoms. The van der Waals surface area contributed by atoms with E-state index in [0.717, 1.165) is 0 Å². The number of para-hydroxylation sites is 1. The maximum Gasteiger partial charge on any atom is 0.267 e. The van der Waals surface area contributed by atoms with Gasteiger partial charge in [-0.1, -0.05) is 36.1 Å². The topological polar surface area (TPSA) is 127 Å². The van der Waals surface area contributed by atoms with Crippen LogP contribution in [0.25, 0.3) is 22.2 Å². The molecule has 41 heavy (non-hydrogen) atoms. The Hall–Kier alpha value is -5.82. The molecule has 0 aliphatic heterocycles.